The van der Waals surface area contributed by atoms with Crippen LogP contribution in [-0.2, 0) is 4.74 Å². The number of rotatable bonds is 4. The molecule has 0 bridgehead atoms. The van der Waals surface area contributed by atoms with Gasteiger partial charge in [0.25, 0.3) is 0 Å². The molecule has 0 aliphatic carbocycles. The van der Waals surface area contributed by atoms with Crippen molar-refractivity contribution >= 4 is 0 Å². The third-order valence-corrected chi connectivity index (χ3v) is 3.51. The Kier molecular flexibility index (Phi) is 5.57. The van der Waals surface area contributed by atoms with E-state index in [1.165, 1.54) is 7.11 Å². The Labute approximate surface area is 127 Å². The van der Waals surface area contributed by atoms with Crippen molar-refractivity contribution < 1.29 is 39.7 Å². The van der Waals surface area contributed by atoms with E-state index in [1.807, 2.05) is 0 Å². The molecule has 8 heteroatoms. The lowest BCUT2D eigenvalue weighted by Crippen LogP contribution is -2.48. The minimum absolute atomic E-state index is 0.240. The molecule has 0 aromatic heterocycles. The van der Waals surface area contributed by atoms with Crippen LogP contribution in [0.1, 0.15) is 0 Å². The molecule has 2 rings (SSSR count). The maximum absolute atomic E-state index is 10.1. The third-order valence-electron chi connectivity index (χ3n) is 3.51. The van der Waals surface area contributed by atoms with Gasteiger partial charge in [0.1, 0.15) is 30.5 Å². The van der Waals surface area contributed by atoms with Crippen molar-refractivity contribution in [3.63, 3.8) is 0 Å². The molecule has 8 nitrogen and oxygen atoms in total. The average molecular weight is 316 g/mol. The van der Waals surface area contributed by atoms with E-state index in [2.05, 4.69) is 0 Å². The number of benzene rings is 1. The molecule has 1 heterocycles. The Morgan fingerprint density at radius 1 is 0.955 bits per heavy atom. The first kappa shape index (κ1) is 16.9. The zero-order valence-electron chi connectivity index (χ0n) is 11.9. The molecule has 0 spiro atoms. The van der Waals surface area contributed by atoms with Gasteiger partial charge in [-0.2, -0.15) is 0 Å². The molecule has 124 valence electrons. The van der Waals surface area contributed by atoms with Crippen molar-refractivity contribution in [2.24, 2.45) is 0 Å². The van der Waals surface area contributed by atoms with E-state index in [9.17, 15) is 25.5 Å². The summed E-state index contributed by atoms with van der Waals surface area (Å²) < 4.78 is 15.9. The highest BCUT2D eigenvalue weighted by Gasteiger charge is 2.45. The number of aliphatic hydroxyl groups excluding tert-OH is 5. The van der Waals surface area contributed by atoms with Crippen molar-refractivity contribution in [1.29, 1.82) is 0 Å². The first-order chi connectivity index (χ1) is 10.5. The third kappa shape index (κ3) is 3.32. The van der Waals surface area contributed by atoms with Gasteiger partial charge in [-0.25, -0.2) is 0 Å². The van der Waals surface area contributed by atoms with Crippen LogP contribution in [0, 0.1) is 0 Å². The first-order valence-electron chi connectivity index (χ1n) is 6.77. The molecular weight excluding hydrogens is 296 g/mol. The van der Waals surface area contributed by atoms with Gasteiger partial charge in [-0.15, -0.1) is 0 Å². The summed E-state index contributed by atoms with van der Waals surface area (Å²) in [6.07, 6.45) is -9.21. The summed E-state index contributed by atoms with van der Waals surface area (Å²) in [5.74, 6) is 0.613. The topological polar surface area (TPSA) is 129 Å². The van der Waals surface area contributed by atoms with Gasteiger partial charge < -0.3 is 39.7 Å². The zero-order valence-corrected chi connectivity index (χ0v) is 11.9. The molecule has 22 heavy (non-hydrogen) atoms. The fourth-order valence-corrected chi connectivity index (χ4v) is 2.21. The van der Waals surface area contributed by atoms with E-state index in [1.54, 1.807) is 24.3 Å². The monoisotopic (exact) mass is 316 g/mol. The number of hydrogen-bond donors (Lipinski definition) is 5. The predicted molar refractivity (Wildman–Crippen MR) is 73.4 cm³/mol. The van der Waals surface area contributed by atoms with Crippen LogP contribution in [-0.4, -0.2) is 76.1 Å². The van der Waals surface area contributed by atoms with Gasteiger partial charge in [-0.3, -0.25) is 0 Å². The smallest absolute Gasteiger partial charge is 0.229 e. The summed E-state index contributed by atoms with van der Waals surface area (Å²) in [4.78, 5) is 0. The Hall–Kier alpha value is -1.42. The maximum atomic E-state index is 10.1. The second-order valence-electron chi connectivity index (χ2n) is 4.96. The zero-order chi connectivity index (χ0) is 16.3. The Bertz CT molecular complexity index is 480. The van der Waals surface area contributed by atoms with Crippen LogP contribution in [0.15, 0.2) is 24.3 Å². The first-order valence-corrected chi connectivity index (χ1v) is 6.77. The highest BCUT2D eigenvalue weighted by Crippen LogP contribution is 2.30. The lowest BCUT2D eigenvalue weighted by Gasteiger charge is -2.26. The number of para-hydroxylation sites is 2. The predicted octanol–water partition coefficient (Wildman–Crippen LogP) is -1.77. The Morgan fingerprint density at radius 2 is 1.55 bits per heavy atom. The van der Waals surface area contributed by atoms with Crippen molar-refractivity contribution in [1.82, 2.24) is 0 Å². The lowest BCUT2D eigenvalue weighted by molar-refractivity contribution is -0.195. The lowest BCUT2D eigenvalue weighted by atomic mass is 10.0. The minimum atomic E-state index is -1.70. The van der Waals surface area contributed by atoms with E-state index in [4.69, 9.17) is 14.2 Å². The molecule has 1 fully saturated rings. The molecule has 0 unspecified atom stereocenters. The van der Waals surface area contributed by atoms with Gasteiger partial charge in [-0.05, 0) is 12.1 Å². The molecule has 1 aromatic rings. The van der Waals surface area contributed by atoms with Crippen molar-refractivity contribution in [2.45, 2.75) is 36.8 Å². The number of ether oxygens (including phenoxy) is 3. The standard InChI is InChI=1S/C14H20O8/c1-20-7-4-2-3-5-8(7)21-14-13(19)12(18)11(17)10(16)9(6-15)22-14/h2-5,9-19H,6H2,1H3/t9-,10-,11+,12+,13-,14+/m1/s1. The van der Waals surface area contributed by atoms with Gasteiger partial charge in [0.15, 0.2) is 11.5 Å². The number of hydrogen-bond acceptors (Lipinski definition) is 8. The van der Waals surface area contributed by atoms with Crippen molar-refractivity contribution in [2.75, 3.05) is 13.7 Å². The van der Waals surface area contributed by atoms with Crippen LogP contribution in [0.5, 0.6) is 11.5 Å². The second kappa shape index (κ2) is 7.23. The largest absolute Gasteiger partial charge is 0.493 e. The summed E-state index contributed by atoms with van der Waals surface area (Å²) in [6.45, 7) is -0.622. The van der Waals surface area contributed by atoms with E-state index >= 15 is 0 Å². The van der Waals surface area contributed by atoms with Crippen LogP contribution >= 0.6 is 0 Å². The quantitative estimate of drug-likeness (QED) is 0.442. The summed E-state index contributed by atoms with van der Waals surface area (Å²) in [5.41, 5.74) is 0. The van der Waals surface area contributed by atoms with Gasteiger partial charge in [0.05, 0.1) is 13.7 Å². The summed E-state index contributed by atoms with van der Waals surface area (Å²) >= 11 is 0. The van der Waals surface area contributed by atoms with Crippen LogP contribution in [0.25, 0.3) is 0 Å². The second-order valence-corrected chi connectivity index (χ2v) is 4.96. The highest BCUT2D eigenvalue weighted by atomic mass is 16.7. The maximum Gasteiger partial charge on any atom is 0.229 e. The fraction of sp³-hybridized carbons (Fsp3) is 0.571. The van der Waals surface area contributed by atoms with Crippen LogP contribution in [0.4, 0.5) is 0 Å². The van der Waals surface area contributed by atoms with E-state index in [0.717, 1.165) is 0 Å². The highest BCUT2D eigenvalue weighted by molar-refractivity contribution is 5.39. The van der Waals surface area contributed by atoms with Gasteiger partial charge in [0.2, 0.25) is 6.29 Å². The minimum Gasteiger partial charge on any atom is -0.493 e. The summed E-state index contributed by atoms with van der Waals surface area (Å²) in [5, 5.41) is 48.7. The van der Waals surface area contributed by atoms with E-state index < -0.39 is 43.4 Å². The molecule has 1 aromatic carbocycles. The Balaban J connectivity index is 2.24. The fourth-order valence-electron chi connectivity index (χ4n) is 2.21. The van der Waals surface area contributed by atoms with Crippen molar-refractivity contribution in [3.8, 4) is 11.5 Å². The summed E-state index contributed by atoms with van der Waals surface area (Å²) in [7, 11) is 1.44. The molecule has 1 saturated heterocycles. The SMILES string of the molecule is COc1ccccc1O[C@H]1O[C@H](CO)[C@@H](O)[C@H](O)[C@H](O)[C@H]1O. The molecule has 0 amide bonds. The molecule has 5 N–H and O–H groups in total. The summed E-state index contributed by atoms with van der Waals surface area (Å²) in [6, 6.07) is 6.58. The van der Waals surface area contributed by atoms with Crippen molar-refractivity contribution in [3.05, 3.63) is 24.3 Å². The van der Waals surface area contributed by atoms with Crippen LogP contribution in [0.2, 0.25) is 0 Å². The number of aliphatic hydroxyl groups is 5. The van der Waals surface area contributed by atoms with E-state index in [-0.39, 0.29) is 5.75 Å². The molecule has 1 aliphatic heterocycles. The molecule has 0 radical (unpaired) electrons. The van der Waals surface area contributed by atoms with Gasteiger partial charge >= 0.3 is 0 Å². The molecule has 0 saturated carbocycles. The average Bonchev–Trinajstić information content (AvgIpc) is 2.62. The normalized spacial score (nSPS) is 35.7. The van der Waals surface area contributed by atoms with Crippen LogP contribution < -0.4 is 9.47 Å². The molecular formula is C14H20O8. The Morgan fingerprint density at radius 3 is 2.14 bits per heavy atom. The van der Waals surface area contributed by atoms with Crippen LogP contribution in [0.3, 0.4) is 0 Å². The number of methoxy groups -OCH3 is 1. The van der Waals surface area contributed by atoms with Gasteiger partial charge in [-0.1, -0.05) is 12.1 Å². The molecule has 1 aliphatic rings. The van der Waals surface area contributed by atoms with Gasteiger partial charge in [0, 0.05) is 0 Å². The molecule has 6 atom stereocenters. The van der Waals surface area contributed by atoms with E-state index in [0.29, 0.717) is 5.75 Å².